The highest BCUT2D eigenvalue weighted by atomic mass is 19.3. The molecular weight excluding hydrogens is 380 g/mol. The third kappa shape index (κ3) is 6.00. The molecule has 0 aromatic carbocycles. The maximum absolute atomic E-state index is 13.1. The van der Waals surface area contributed by atoms with Crippen LogP contribution in [0.5, 0.6) is 5.88 Å². The average molecular weight is 411 g/mol. The zero-order valence-electron chi connectivity index (χ0n) is 17.2. The van der Waals surface area contributed by atoms with Crippen molar-refractivity contribution in [2.75, 3.05) is 13.2 Å². The number of hydrogen-bond acceptors (Lipinski definition) is 4. The van der Waals surface area contributed by atoms with Gasteiger partial charge in [0.25, 0.3) is 5.91 Å². The van der Waals surface area contributed by atoms with Crippen LogP contribution in [0.2, 0.25) is 0 Å². The first-order valence-corrected chi connectivity index (χ1v) is 10.7. The third-order valence-corrected chi connectivity index (χ3v) is 6.37. The number of nitrogens with one attached hydrogen (secondary N) is 2. The molecule has 1 amide bonds. The standard InChI is InChI=1S/C21H31F2N3O3/c1-3-13-5-14(4-2)7-15(6-13)11-24-18(27)12-29-19-8-17(25-20(28)26-19)16-9-21(22,23)10-16/h8,13-16H,3-7,9-12H2,1-2H3,(H,24,27)(H,25,26,28). The SMILES string of the molecule is CCC1CC(CC)CC(CNC(=O)COc2cc(C3CC(F)(F)C3)[nH]c(=O)n2)C1. The number of carbonyl (C=O) groups excluding carboxylic acids is 1. The van der Waals surface area contributed by atoms with Gasteiger partial charge in [-0.25, -0.2) is 13.6 Å². The number of H-pyrrole nitrogens is 1. The molecule has 2 atom stereocenters. The Balaban J connectivity index is 1.47. The molecule has 6 nitrogen and oxygen atoms in total. The Morgan fingerprint density at radius 2 is 1.83 bits per heavy atom. The number of halogens is 2. The number of carbonyl (C=O) groups is 1. The van der Waals surface area contributed by atoms with Gasteiger partial charge in [-0.1, -0.05) is 26.7 Å². The van der Waals surface area contributed by atoms with Crippen LogP contribution in [0.4, 0.5) is 8.78 Å². The highest BCUT2D eigenvalue weighted by Crippen LogP contribution is 2.47. The van der Waals surface area contributed by atoms with Crippen LogP contribution >= 0.6 is 0 Å². The van der Waals surface area contributed by atoms with Crippen molar-refractivity contribution >= 4 is 5.91 Å². The van der Waals surface area contributed by atoms with Crippen LogP contribution in [0.3, 0.4) is 0 Å². The van der Waals surface area contributed by atoms with Crippen LogP contribution < -0.4 is 15.7 Å². The Hall–Kier alpha value is -1.99. The van der Waals surface area contributed by atoms with Crippen LogP contribution in [0.1, 0.15) is 70.4 Å². The molecule has 0 spiro atoms. The Bertz CT molecular complexity index is 748. The van der Waals surface area contributed by atoms with Crippen molar-refractivity contribution in [1.82, 2.24) is 15.3 Å². The number of aromatic amines is 1. The third-order valence-electron chi connectivity index (χ3n) is 6.37. The molecule has 2 saturated carbocycles. The van der Waals surface area contributed by atoms with Crippen LogP contribution in [0.15, 0.2) is 10.9 Å². The molecule has 1 aromatic rings. The van der Waals surface area contributed by atoms with Crippen molar-refractivity contribution < 1.29 is 18.3 Å². The lowest BCUT2D eigenvalue weighted by Gasteiger charge is -2.34. The lowest BCUT2D eigenvalue weighted by molar-refractivity contribution is -0.123. The minimum Gasteiger partial charge on any atom is -0.467 e. The van der Waals surface area contributed by atoms with Crippen molar-refractivity contribution in [2.45, 2.75) is 70.6 Å². The molecule has 0 bridgehead atoms. The van der Waals surface area contributed by atoms with Crippen LogP contribution in [0, 0.1) is 17.8 Å². The summed E-state index contributed by atoms with van der Waals surface area (Å²) in [5, 5.41) is 2.92. The van der Waals surface area contributed by atoms with Gasteiger partial charge in [-0.05, 0) is 37.0 Å². The molecule has 1 aromatic heterocycles. The van der Waals surface area contributed by atoms with E-state index in [0.29, 0.717) is 18.2 Å². The predicted octanol–water partition coefficient (Wildman–Crippen LogP) is 3.63. The average Bonchev–Trinajstić information content (AvgIpc) is 2.68. The maximum Gasteiger partial charge on any atom is 0.348 e. The Kier molecular flexibility index (Phi) is 6.90. The van der Waals surface area contributed by atoms with Crippen molar-refractivity contribution in [3.05, 3.63) is 22.2 Å². The number of amides is 1. The zero-order chi connectivity index (χ0) is 21.0. The molecule has 2 aliphatic rings. The summed E-state index contributed by atoms with van der Waals surface area (Å²) in [6.07, 6.45) is 5.31. The molecule has 162 valence electrons. The Morgan fingerprint density at radius 3 is 2.41 bits per heavy atom. The number of aromatic nitrogens is 2. The van der Waals surface area contributed by atoms with Crippen molar-refractivity contribution in [1.29, 1.82) is 0 Å². The summed E-state index contributed by atoms with van der Waals surface area (Å²) in [7, 11) is 0. The molecule has 2 N–H and O–H groups in total. The van der Waals surface area contributed by atoms with Gasteiger partial charge in [0.2, 0.25) is 11.8 Å². The number of nitrogens with zero attached hydrogens (tertiary/aromatic N) is 1. The van der Waals surface area contributed by atoms with Crippen molar-refractivity contribution in [3.63, 3.8) is 0 Å². The fourth-order valence-corrected chi connectivity index (χ4v) is 4.61. The fourth-order valence-electron chi connectivity index (χ4n) is 4.61. The summed E-state index contributed by atoms with van der Waals surface area (Å²) in [5.41, 5.74) is -0.281. The van der Waals surface area contributed by atoms with Gasteiger partial charge in [0.1, 0.15) is 0 Å². The second-order valence-electron chi connectivity index (χ2n) is 8.66. The van der Waals surface area contributed by atoms with E-state index in [2.05, 4.69) is 29.1 Å². The van der Waals surface area contributed by atoms with Gasteiger partial charge in [0, 0.05) is 37.1 Å². The second-order valence-corrected chi connectivity index (χ2v) is 8.66. The van der Waals surface area contributed by atoms with E-state index in [1.54, 1.807) is 0 Å². The minimum absolute atomic E-state index is 0.0103. The van der Waals surface area contributed by atoms with E-state index >= 15 is 0 Å². The van der Waals surface area contributed by atoms with Gasteiger partial charge in [-0.15, -0.1) is 0 Å². The highest BCUT2D eigenvalue weighted by Gasteiger charge is 2.46. The molecular formula is C21H31F2N3O3. The molecule has 2 unspecified atom stereocenters. The molecule has 2 fully saturated rings. The summed E-state index contributed by atoms with van der Waals surface area (Å²) in [6, 6.07) is 1.44. The first kappa shape index (κ1) is 21.7. The van der Waals surface area contributed by atoms with E-state index < -0.39 is 17.5 Å². The minimum atomic E-state index is -2.68. The highest BCUT2D eigenvalue weighted by molar-refractivity contribution is 5.77. The predicted molar refractivity (Wildman–Crippen MR) is 105 cm³/mol. The molecule has 29 heavy (non-hydrogen) atoms. The van der Waals surface area contributed by atoms with E-state index in [1.807, 2.05) is 0 Å². The quantitative estimate of drug-likeness (QED) is 0.684. The Labute approximate surface area is 169 Å². The summed E-state index contributed by atoms with van der Waals surface area (Å²) in [4.78, 5) is 30.0. The first-order chi connectivity index (χ1) is 13.8. The van der Waals surface area contributed by atoms with Crippen LogP contribution in [0.25, 0.3) is 0 Å². The number of ether oxygens (including phenoxy) is 1. The smallest absolute Gasteiger partial charge is 0.348 e. The molecule has 0 aliphatic heterocycles. The van der Waals surface area contributed by atoms with Crippen LogP contribution in [-0.2, 0) is 4.79 Å². The van der Waals surface area contributed by atoms with E-state index in [0.717, 1.165) is 24.7 Å². The lowest BCUT2D eigenvalue weighted by atomic mass is 9.73. The summed E-state index contributed by atoms with van der Waals surface area (Å²) in [5.74, 6) is -1.44. The second kappa shape index (κ2) is 9.22. The molecule has 0 saturated heterocycles. The van der Waals surface area contributed by atoms with Gasteiger partial charge in [0.15, 0.2) is 6.61 Å². The monoisotopic (exact) mass is 411 g/mol. The maximum atomic E-state index is 13.1. The first-order valence-electron chi connectivity index (χ1n) is 10.7. The molecule has 1 heterocycles. The normalized spacial score (nSPS) is 26.6. The van der Waals surface area contributed by atoms with Gasteiger partial charge >= 0.3 is 5.69 Å². The molecule has 0 radical (unpaired) electrons. The largest absolute Gasteiger partial charge is 0.467 e. The van der Waals surface area contributed by atoms with Crippen LogP contribution in [-0.4, -0.2) is 34.9 Å². The van der Waals surface area contributed by atoms with Crippen molar-refractivity contribution in [2.24, 2.45) is 17.8 Å². The zero-order valence-corrected chi connectivity index (χ0v) is 17.2. The number of rotatable bonds is 8. The van der Waals surface area contributed by atoms with E-state index in [-0.39, 0.29) is 31.2 Å². The molecule has 8 heteroatoms. The van der Waals surface area contributed by atoms with Crippen molar-refractivity contribution in [3.8, 4) is 5.88 Å². The fraction of sp³-hybridized carbons (Fsp3) is 0.762. The number of alkyl halides is 2. The summed E-state index contributed by atoms with van der Waals surface area (Å²) in [6.45, 7) is 4.82. The topological polar surface area (TPSA) is 84.1 Å². The Morgan fingerprint density at radius 1 is 1.21 bits per heavy atom. The van der Waals surface area contributed by atoms with Gasteiger partial charge in [0.05, 0.1) is 0 Å². The van der Waals surface area contributed by atoms with Gasteiger partial charge in [-0.3, -0.25) is 4.79 Å². The molecule has 3 rings (SSSR count). The van der Waals surface area contributed by atoms with Gasteiger partial charge in [-0.2, -0.15) is 4.98 Å². The van der Waals surface area contributed by atoms with E-state index in [4.69, 9.17) is 4.74 Å². The summed E-state index contributed by atoms with van der Waals surface area (Å²) >= 11 is 0. The lowest BCUT2D eigenvalue weighted by Crippen LogP contribution is -2.36. The van der Waals surface area contributed by atoms with E-state index in [9.17, 15) is 18.4 Å². The molecule has 2 aliphatic carbocycles. The van der Waals surface area contributed by atoms with E-state index in [1.165, 1.54) is 25.3 Å². The summed E-state index contributed by atoms with van der Waals surface area (Å²) < 4.78 is 31.5. The van der Waals surface area contributed by atoms with Gasteiger partial charge < -0.3 is 15.0 Å². The number of hydrogen-bond donors (Lipinski definition) is 2.